The van der Waals surface area contributed by atoms with Gasteiger partial charge in [0.05, 0.1) is 17.8 Å². The molecule has 0 bridgehead atoms. The number of hydrogen-bond acceptors (Lipinski definition) is 6. The fourth-order valence-corrected chi connectivity index (χ4v) is 1.69. The summed E-state index contributed by atoms with van der Waals surface area (Å²) in [4.78, 5) is 11.7. The second kappa shape index (κ2) is 5.24. The number of nitrogens with two attached hydrogens (primary N) is 1. The van der Waals surface area contributed by atoms with E-state index in [4.69, 9.17) is 33.7 Å². The van der Waals surface area contributed by atoms with Gasteiger partial charge in [0, 0.05) is 5.02 Å². The molecule has 0 atom stereocenters. The van der Waals surface area contributed by atoms with E-state index in [-0.39, 0.29) is 17.9 Å². The Morgan fingerprint density at radius 1 is 1.22 bits per heavy atom. The van der Waals surface area contributed by atoms with Gasteiger partial charge in [0.1, 0.15) is 0 Å². The Labute approximate surface area is 113 Å². The van der Waals surface area contributed by atoms with E-state index in [0.717, 1.165) is 0 Å². The van der Waals surface area contributed by atoms with E-state index in [1.54, 1.807) is 18.2 Å². The Hall–Kier alpha value is -1.79. The normalized spacial score (nSPS) is 10.2. The number of aromatic nitrogens is 3. The molecule has 0 spiro atoms. The molecule has 2 aromatic rings. The number of anilines is 3. The predicted octanol–water partition coefficient (Wildman–Crippen LogP) is 2.51. The number of nitrogens with one attached hydrogen (secondary N) is 1. The molecule has 94 valence electrons. The number of nitrogen functional groups attached to an aromatic ring is 1. The van der Waals surface area contributed by atoms with Crippen LogP contribution >= 0.6 is 23.2 Å². The number of hydrogen-bond donors (Lipinski definition) is 2. The number of ether oxygens (including phenoxy) is 1. The molecule has 1 aromatic carbocycles. The quantitative estimate of drug-likeness (QED) is 0.901. The van der Waals surface area contributed by atoms with Crippen molar-refractivity contribution in [3.05, 3.63) is 28.2 Å². The zero-order chi connectivity index (χ0) is 13.1. The summed E-state index contributed by atoms with van der Waals surface area (Å²) in [6, 6.07) is 5.12. The highest BCUT2D eigenvalue weighted by atomic mass is 35.5. The Morgan fingerprint density at radius 3 is 2.67 bits per heavy atom. The van der Waals surface area contributed by atoms with Crippen molar-refractivity contribution in [1.29, 1.82) is 0 Å². The maximum absolute atomic E-state index is 6.01. The topological polar surface area (TPSA) is 86.0 Å². The molecule has 8 heteroatoms. The minimum absolute atomic E-state index is 0.0504. The Kier molecular flexibility index (Phi) is 3.69. The Balaban J connectivity index is 2.30. The van der Waals surface area contributed by atoms with Crippen molar-refractivity contribution in [1.82, 2.24) is 15.0 Å². The van der Waals surface area contributed by atoms with E-state index in [1.807, 2.05) is 0 Å². The van der Waals surface area contributed by atoms with Crippen LogP contribution in [0.5, 0.6) is 6.01 Å². The summed E-state index contributed by atoms with van der Waals surface area (Å²) >= 11 is 11.8. The number of methoxy groups -OCH3 is 1. The zero-order valence-corrected chi connectivity index (χ0v) is 10.8. The van der Waals surface area contributed by atoms with Gasteiger partial charge in [-0.25, -0.2) is 0 Å². The molecule has 0 aliphatic rings. The average molecular weight is 286 g/mol. The lowest BCUT2D eigenvalue weighted by Gasteiger charge is -2.08. The summed E-state index contributed by atoms with van der Waals surface area (Å²) in [5.74, 6) is 0.290. The first-order valence-corrected chi connectivity index (χ1v) is 5.61. The molecule has 0 unspecified atom stereocenters. The molecule has 0 saturated carbocycles. The number of halogens is 2. The lowest BCUT2D eigenvalue weighted by molar-refractivity contribution is 0.380. The Morgan fingerprint density at radius 2 is 2.00 bits per heavy atom. The van der Waals surface area contributed by atoms with Crippen molar-refractivity contribution in [2.75, 3.05) is 18.2 Å². The van der Waals surface area contributed by atoms with Gasteiger partial charge in [0.15, 0.2) is 0 Å². The average Bonchev–Trinajstić information content (AvgIpc) is 2.32. The SMILES string of the molecule is COc1nc(N)nc(Nc2ccc(Cl)cc2Cl)n1. The molecule has 2 rings (SSSR count). The molecule has 1 aromatic heterocycles. The van der Waals surface area contributed by atoms with Gasteiger partial charge >= 0.3 is 6.01 Å². The largest absolute Gasteiger partial charge is 0.467 e. The molecule has 0 radical (unpaired) electrons. The molecular weight excluding hydrogens is 277 g/mol. The fourth-order valence-electron chi connectivity index (χ4n) is 1.23. The van der Waals surface area contributed by atoms with Gasteiger partial charge in [-0.3, -0.25) is 0 Å². The van der Waals surface area contributed by atoms with Gasteiger partial charge < -0.3 is 15.8 Å². The van der Waals surface area contributed by atoms with E-state index in [0.29, 0.717) is 15.7 Å². The molecule has 6 nitrogen and oxygen atoms in total. The molecule has 18 heavy (non-hydrogen) atoms. The van der Waals surface area contributed by atoms with Crippen LogP contribution in [0.3, 0.4) is 0 Å². The highest BCUT2D eigenvalue weighted by Crippen LogP contribution is 2.27. The second-order valence-corrected chi connectivity index (χ2v) is 4.10. The zero-order valence-electron chi connectivity index (χ0n) is 9.32. The van der Waals surface area contributed by atoms with E-state index >= 15 is 0 Å². The summed E-state index contributed by atoms with van der Waals surface area (Å²) in [5.41, 5.74) is 6.12. The fraction of sp³-hybridized carbons (Fsp3) is 0.100. The van der Waals surface area contributed by atoms with E-state index in [9.17, 15) is 0 Å². The molecule has 0 aliphatic carbocycles. The van der Waals surface area contributed by atoms with E-state index < -0.39 is 0 Å². The smallest absolute Gasteiger partial charge is 0.322 e. The van der Waals surface area contributed by atoms with Crippen molar-refractivity contribution < 1.29 is 4.74 Å². The highest BCUT2D eigenvalue weighted by Gasteiger charge is 2.07. The minimum Gasteiger partial charge on any atom is -0.467 e. The van der Waals surface area contributed by atoms with Gasteiger partial charge in [0.2, 0.25) is 11.9 Å². The van der Waals surface area contributed by atoms with E-state index in [1.165, 1.54) is 7.11 Å². The molecule has 0 aliphatic heterocycles. The van der Waals surface area contributed by atoms with Gasteiger partial charge in [-0.05, 0) is 18.2 Å². The molecule has 0 fully saturated rings. The third-order valence-corrected chi connectivity index (χ3v) is 2.54. The lowest BCUT2D eigenvalue weighted by Crippen LogP contribution is -2.05. The van der Waals surface area contributed by atoms with E-state index in [2.05, 4.69) is 20.3 Å². The third kappa shape index (κ3) is 2.91. The van der Waals surface area contributed by atoms with Crippen LogP contribution in [-0.4, -0.2) is 22.1 Å². The highest BCUT2D eigenvalue weighted by molar-refractivity contribution is 6.36. The Bertz CT molecular complexity index is 578. The third-order valence-electron chi connectivity index (χ3n) is 1.99. The van der Waals surface area contributed by atoms with Gasteiger partial charge in [-0.15, -0.1) is 0 Å². The monoisotopic (exact) mass is 285 g/mol. The molecule has 0 saturated heterocycles. The summed E-state index contributed by atoms with van der Waals surface area (Å²) in [6.07, 6.45) is 0. The van der Waals surface area contributed by atoms with Gasteiger partial charge in [-0.2, -0.15) is 15.0 Å². The van der Waals surface area contributed by atoms with Crippen LogP contribution in [0, 0.1) is 0 Å². The minimum atomic E-state index is 0.0504. The van der Waals surface area contributed by atoms with Crippen LogP contribution in [0.1, 0.15) is 0 Å². The molecule has 0 amide bonds. The summed E-state index contributed by atoms with van der Waals surface area (Å²) in [5, 5.41) is 3.89. The molecule has 3 N–H and O–H groups in total. The van der Waals surface area contributed by atoms with Crippen LogP contribution in [-0.2, 0) is 0 Å². The first-order chi connectivity index (χ1) is 8.58. The van der Waals surface area contributed by atoms with Crippen molar-refractivity contribution in [2.24, 2.45) is 0 Å². The van der Waals surface area contributed by atoms with Crippen molar-refractivity contribution in [3.8, 4) is 6.01 Å². The number of benzene rings is 1. The molecule has 1 heterocycles. The maximum Gasteiger partial charge on any atom is 0.322 e. The first-order valence-electron chi connectivity index (χ1n) is 4.86. The number of rotatable bonds is 3. The van der Waals surface area contributed by atoms with Crippen LogP contribution in [0.4, 0.5) is 17.6 Å². The van der Waals surface area contributed by atoms with Crippen LogP contribution in [0.25, 0.3) is 0 Å². The van der Waals surface area contributed by atoms with Crippen molar-refractivity contribution >= 4 is 40.8 Å². The number of nitrogens with zero attached hydrogens (tertiary/aromatic N) is 3. The summed E-state index contributed by atoms with van der Waals surface area (Å²) in [6.45, 7) is 0. The van der Waals surface area contributed by atoms with Gasteiger partial charge in [0.25, 0.3) is 0 Å². The first kappa shape index (κ1) is 12.7. The standard InChI is InChI=1S/C10H9Cl2N5O/c1-18-10-16-8(13)15-9(17-10)14-7-3-2-5(11)4-6(7)12/h2-4H,1H3,(H3,13,14,15,16,17). The lowest BCUT2D eigenvalue weighted by atomic mass is 10.3. The predicted molar refractivity (Wildman–Crippen MR) is 70.5 cm³/mol. The van der Waals surface area contributed by atoms with Crippen LogP contribution in [0.2, 0.25) is 10.0 Å². The van der Waals surface area contributed by atoms with Crippen molar-refractivity contribution in [3.63, 3.8) is 0 Å². The van der Waals surface area contributed by atoms with Crippen molar-refractivity contribution in [2.45, 2.75) is 0 Å². The van der Waals surface area contributed by atoms with Crippen LogP contribution in [0.15, 0.2) is 18.2 Å². The summed E-state index contributed by atoms with van der Waals surface area (Å²) < 4.78 is 4.89. The van der Waals surface area contributed by atoms with Crippen LogP contribution < -0.4 is 15.8 Å². The summed E-state index contributed by atoms with van der Waals surface area (Å²) in [7, 11) is 1.44. The maximum atomic E-state index is 6.01. The van der Waals surface area contributed by atoms with Gasteiger partial charge in [-0.1, -0.05) is 23.2 Å². The molecular formula is C10H9Cl2N5O. The second-order valence-electron chi connectivity index (χ2n) is 3.25.